The number of anilines is 1. The zero-order valence-corrected chi connectivity index (χ0v) is 16.3. The van der Waals surface area contributed by atoms with Gasteiger partial charge in [0.2, 0.25) is 0 Å². The second-order valence-corrected chi connectivity index (χ2v) is 7.27. The highest BCUT2D eigenvalue weighted by atomic mass is 16.2. The van der Waals surface area contributed by atoms with Crippen LogP contribution in [0.25, 0.3) is 0 Å². The van der Waals surface area contributed by atoms with Crippen LogP contribution in [-0.4, -0.2) is 40.9 Å². The molecule has 27 heavy (non-hydrogen) atoms. The summed E-state index contributed by atoms with van der Waals surface area (Å²) >= 11 is 0. The Kier molecular flexibility index (Phi) is 5.96. The lowest BCUT2D eigenvalue weighted by atomic mass is 10.1. The molecular formula is C21H28N4O2. The first-order chi connectivity index (χ1) is 13.0. The van der Waals surface area contributed by atoms with E-state index in [0.29, 0.717) is 12.2 Å². The maximum Gasteiger partial charge on any atom is 0.313 e. The molecule has 2 aromatic rings. The third-order valence-corrected chi connectivity index (χ3v) is 5.33. The molecule has 3 rings (SSSR count). The number of benzene rings is 1. The first kappa shape index (κ1) is 19.2. The van der Waals surface area contributed by atoms with Crippen LogP contribution in [0.1, 0.15) is 35.7 Å². The Balaban J connectivity index is 1.62. The van der Waals surface area contributed by atoms with Gasteiger partial charge in [0.1, 0.15) is 0 Å². The Morgan fingerprint density at radius 2 is 1.81 bits per heavy atom. The van der Waals surface area contributed by atoms with E-state index in [1.807, 2.05) is 51.4 Å². The number of carbonyl (C=O) groups excluding carboxylic acids is 2. The van der Waals surface area contributed by atoms with Gasteiger partial charge in [-0.3, -0.25) is 14.5 Å². The minimum Gasteiger partial charge on any atom is -0.353 e. The molecule has 1 aliphatic rings. The number of likely N-dealkylation sites (tertiary alicyclic amines) is 1. The number of hydrogen-bond donors (Lipinski definition) is 2. The molecule has 1 unspecified atom stereocenters. The number of nitrogens with one attached hydrogen (secondary N) is 2. The number of carbonyl (C=O) groups is 2. The Morgan fingerprint density at radius 1 is 1.07 bits per heavy atom. The van der Waals surface area contributed by atoms with Gasteiger partial charge in [-0.1, -0.05) is 6.07 Å². The molecule has 1 aliphatic heterocycles. The van der Waals surface area contributed by atoms with Crippen LogP contribution in [0, 0.1) is 13.8 Å². The van der Waals surface area contributed by atoms with Crippen molar-refractivity contribution in [3.05, 3.63) is 53.3 Å². The van der Waals surface area contributed by atoms with Crippen molar-refractivity contribution in [3.63, 3.8) is 0 Å². The zero-order chi connectivity index (χ0) is 19.4. The van der Waals surface area contributed by atoms with Crippen molar-refractivity contribution < 1.29 is 9.59 Å². The minimum atomic E-state index is -0.634. The van der Waals surface area contributed by atoms with Crippen LogP contribution in [0.15, 0.2) is 36.5 Å². The van der Waals surface area contributed by atoms with Crippen molar-refractivity contribution in [2.24, 2.45) is 7.05 Å². The van der Waals surface area contributed by atoms with Crippen LogP contribution in [0.3, 0.4) is 0 Å². The van der Waals surface area contributed by atoms with E-state index in [2.05, 4.69) is 26.2 Å². The lowest BCUT2D eigenvalue weighted by molar-refractivity contribution is -0.136. The fraction of sp³-hybridized carbons (Fsp3) is 0.429. The molecule has 1 saturated heterocycles. The smallest absolute Gasteiger partial charge is 0.313 e. The van der Waals surface area contributed by atoms with Crippen LogP contribution in [-0.2, 0) is 16.6 Å². The van der Waals surface area contributed by atoms with E-state index in [9.17, 15) is 9.59 Å². The molecule has 1 aromatic heterocycles. The van der Waals surface area contributed by atoms with Crippen molar-refractivity contribution in [2.75, 3.05) is 25.0 Å². The molecule has 0 aliphatic carbocycles. The highest BCUT2D eigenvalue weighted by Crippen LogP contribution is 2.24. The lowest BCUT2D eigenvalue weighted by Crippen LogP contribution is -2.41. The van der Waals surface area contributed by atoms with Gasteiger partial charge in [-0.25, -0.2) is 0 Å². The van der Waals surface area contributed by atoms with Gasteiger partial charge in [0.15, 0.2) is 0 Å². The zero-order valence-electron chi connectivity index (χ0n) is 16.3. The third-order valence-electron chi connectivity index (χ3n) is 5.33. The molecule has 2 heterocycles. The van der Waals surface area contributed by atoms with Crippen LogP contribution in [0.5, 0.6) is 0 Å². The largest absolute Gasteiger partial charge is 0.353 e. The van der Waals surface area contributed by atoms with E-state index in [1.54, 1.807) is 0 Å². The summed E-state index contributed by atoms with van der Waals surface area (Å²) in [6.45, 7) is 6.43. The first-order valence-corrected chi connectivity index (χ1v) is 9.47. The summed E-state index contributed by atoms with van der Waals surface area (Å²) in [4.78, 5) is 27.0. The fourth-order valence-corrected chi connectivity index (χ4v) is 3.57. The van der Waals surface area contributed by atoms with Crippen molar-refractivity contribution >= 4 is 17.5 Å². The minimum absolute atomic E-state index is 0.0749. The average Bonchev–Trinajstić information content (AvgIpc) is 3.31. The second kappa shape index (κ2) is 8.39. The van der Waals surface area contributed by atoms with Crippen molar-refractivity contribution in [1.82, 2.24) is 14.8 Å². The molecule has 0 saturated carbocycles. The average molecular weight is 368 g/mol. The SMILES string of the molecule is Cc1ccc(NC(=O)C(=O)NCC(c2cccn2C)N2CCCC2)cc1C. The molecule has 2 N–H and O–H groups in total. The molecular weight excluding hydrogens is 340 g/mol. The van der Waals surface area contributed by atoms with Gasteiger partial charge in [-0.05, 0) is 75.2 Å². The monoisotopic (exact) mass is 368 g/mol. The molecule has 1 aromatic carbocycles. The van der Waals surface area contributed by atoms with Gasteiger partial charge in [0, 0.05) is 31.2 Å². The van der Waals surface area contributed by atoms with Crippen molar-refractivity contribution in [1.29, 1.82) is 0 Å². The van der Waals surface area contributed by atoms with Gasteiger partial charge < -0.3 is 15.2 Å². The Morgan fingerprint density at radius 3 is 2.44 bits per heavy atom. The van der Waals surface area contributed by atoms with Crippen LogP contribution in [0.4, 0.5) is 5.69 Å². The highest BCUT2D eigenvalue weighted by molar-refractivity contribution is 6.39. The molecule has 2 amide bonds. The molecule has 0 radical (unpaired) electrons. The maximum atomic E-state index is 12.3. The van der Waals surface area contributed by atoms with Gasteiger partial charge in [0.05, 0.1) is 6.04 Å². The van der Waals surface area contributed by atoms with Crippen molar-refractivity contribution in [2.45, 2.75) is 32.7 Å². The van der Waals surface area contributed by atoms with E-state index >= 15 is 0 Å². The molecule has 6 nitrogen and oxygen atoms in total. The number of aryl methyl sites for hydroxylation is 3. The predicted molar refractivity (Wildman–Crippen MR) is 107 cm³/mol. The standard InChI is InChI=1S/C21H28N4O2/c1-15-8-9-17(13-16(15)2)23-21(27)20(26)22-14-19(25-11-4-5-12-25)18-7-6-10-24(18)3/h6-10,13,19H,4-5,11-12,14H2,1-3H3,(H,22,26)(H,23,27). The van der Waals surface area contributed by atoms with Gasteiger partial charge in [-0.2, -0.15) is 0 Å². The van der Waals surface area contributed by atoms with E-state index in [1.165, 1.54) is 12.8 Å². The molecule has 1 fully saturated rings. The van der Waals surface area contributed by atoms with Crippen LogP contribution in [0.2, 0.25) is 0 Å². The summed E-state index contributed by atoms with van der Waals surface area (Å²) in [5, 5.41) is 5.49. The maximum absolute atomic E-state index is 12.3. The lowest BCUT2D eigenvalue weighted by Gasteiger charge is -2.28. The summed E-state index contributed by atoms with van der Waals surface area (Å²) in [5.41, 5.74) is 4.00. The summed E-state index contributed by atoms with van der Waals surface area (Å²) in [7, 11) is 2.01. The van der Waals surface area contributed by atoms with E-state index < -0.39 is 11.8 Å². The third kappa shape index (κ3) is 4.57. The van der Waals surface area contributed by atoms with Gasteiger partial charge in [0.25, 0.3) is 0 Å². The summed E-state index contributed by atoms with van der Waals surface area (Å²) in [6.07, 6.45) is 4.34. The van der Waals surface area contributed by atoms with Crippen LogP contribution < -0.4 is 10.6 Å². The number of aromatic nitrogens is 1. The Hall–Kier alpha value is -2.60. The number of amides is 2. The molecule has 0 bridgehead atoms. The predicted octanol–water partition coefficient (Wildman–Crippen LogP) is 2.53. The molecule has 1 atom stereocenters. The van der Waals surface area contributed by atoms with Crippen LogP contribution >= 0.6 is 0 Å². The van der Waals surface area contributed by atoms with Gasteiger partial charge in [-0.15, -0.1) is 0 Å². The summed E-state index contributed by atoms with van der Waals surface area (Å²) in [6, 6.07) is 9.77. The molecule has 0 spiro atoms. The van der Waals surface area contributed by atoms with Crippen molar-refractivity contribution in [3.8, 4) is 0 Å². The molecule has 144 valence electrons. The summed E-state index contributed by atoms with van der Waals surface area (Å²) < 4.78 is 2.07. The fourth-order valence-electron chi connectivity index (χ4n) is 3.57. The highest BCUT2D eigenvalue weighted by Gasteiger charge is 2.26. The summed E-state index contributed by atoms with van der Waals surface area (Å²) in [5.74, 6) is -1.24. The Labute approximate surface area is 160 Å². The van der Waals surface area contributed by atoms with E-state index in [4.69, 9.17) is 0 Å². The number of hydrogen-bond acceptors (Lipinski definition) is 3. The topological polar surface area (TPSA) is 66.4 Å². The number of rotatable bonds is 5. The first-order valence-electron chi connectivity index (χ1n) is 9.47. The van der Waals surface area contributed by atoms with Gasteiger partial charge >= 0.3 is 11.8 Å². The second-order valence-electron chi connectivity index (χ2n) is 7.27. The van der Waals surface area contributed by atoms with E-state index in [0.717, 1.165) is 29.9 Å². The quantitative estimate of drug-likeness (QED) is 0.797. The van der Waals surface area contributed by atoms with E-state index in [-0.39, 0.29) is 6.04 Å². The molecule has 6 heteroatoms. The normalized spacial score (nSPS) is 15.5. The Bertz CT molecular complexity index is 821. The number of nitrogens with zero attached hydrogens (tertiary/aromatic N) is 2.